The van der Waals surface area contributed by atoms with Crippen LogP contribution in [0.5, 0.6) is 0 Å². The van der Waals surface area contributed by atoms with Crippen molar-refractivity contribution < 1.29 is 0 Å². The molecule has 1 aliphatic rings. The van der Waals surface area contributed by atoms with E-state index in [0.717, 1.165) is 18.3 Å². The maximum atomic E-state index is 2.42. The lowest BCUT2D eigenvalue weighted by Crippen LogP contribution is -2.13. The van der Waals surface area contributed by atoms with Crippen molar-refractivity contribution in [1.29, 1.82) is 0 Å². The number of rotatable bonds is 9. The first-order chi connectivity index (χ1) is 15.8. The molecule has 1 fully saturated rings. The van der Waals surface area contributed by atoms with E-state index in [4.69, 9.17) is 0 Å². The van der Waals surface area contributed by atoms with Gasteiger partial charge in [0.05, 0.1) is 0 Å². The fourth-order valence-electron chi connectivity index (χ4n) is 5.55. The number of benzene rings is 3. The van der Waals surface area contributed by atoms with Crippen molar-refractivity contribution in [1.82, 2.24) is 0 Å². The van der Waals surface area contributed by atoms with Crippen molar-refractivity contribution in [3.8, 4) is 22.3 Å². The number of unbranched alkanes of at least 4 members (excludes halogenated alkanes) is 2. The predicted octanol–water partition coefficient (Wildman–Crippen LogP) is 9.83. The Balaban J connectivity index is 1.51. The quantitative estimate of drug-likeness (QED) is 0.300. The summed E-state index contributed by atoms with van der Waals surface area (Å²) in [6.07, 6.45) is 13.6. The third-order valence-electron chi connectivity index (χ3n) is 7.46. The van der Waals surface area contributed by atoms with Gasteiger partial charge < -0.3 is 0 Å². The molecule has 32 heavy (non-hydrogen) atoms. The minimum atomic E-state index is 0.756. The van der Waals surface area contributed by atoms with Gasteiger partial charge in [0.2, 0.25) is 0 Å². The topological polar surface area (TPSA) is 0 Å². The van der Waals surface area contributed by atoms with Gasteiger partial charge >= 0.3 is 0 Å². The lowest BCUT2D eigenvalue weighted by atomic mass is 9.77. The van der Waals surface area contributed by atoms with Crippen molar-refractivity contribution in [2.24, 2.45) is 5.92 Å². The Morgan fingerprint density at radius 1 is 0.656 bits per heavy atom. The summed E-state index contributed by atoms with van der Waals surface area (Å²) in [7, 11) is 0. The molecule has 0 radical (unpaired) electrons. The predicted molar refractivity (Wildman–Crippen MR) is 140 cm³/mol. The second-order valence-electron chi connectivity index (χ2n) is 9.83. The normalized spacial score (nSPS) is 18.6. The van der Waals surface area contributed by atoms with Gasteiger partial charge in [0.25, 0.3) is 0 Å². The van der Waals surface area contributed by atoms with Crippen LogP contribution in [0.2, 0.25) is 0 Å². The summed E-state index contributed by atoms with van der Waals surface area (Å²) < 4.78 is 0. The van der Waals surface area contributed by atoms with Gasteiger partial charge in [0, 0.05) is 0 Å². The maximum Gasteiger partial charge on any atom is -0.0103 e. The van der Waals surface area contributed by atoms with E-state index in [0.29, 0.717) is 0 Å². The summed E-state index contributed by atoms with van der Waals surface area (Å²) in [6, 6.07) is 27.5. The second-order valence-corrected chi connectivity index (χ2v) is 9.83. The molecule has 168 valence electrons. The molecule has 0 saturated heterocycles. The van der Waals surface area contributed by atoms with Crippen molar-refractivity contribution in [3.05, 3.63) is 83.9 Å². The van der Waals surface area contributed by atoms with E-state index < -0.39 is 0 Å². The van der Waals surface area contributed by atoms with Crippen LogP contribution in [0.1, 0.15) is 88.7 Å². The molecule has 0 nitrogen and oxygen atoms in total. The van der Waals surface area contributed by atoms with Crippen LogP contribution in [0.3, 0.4) is 0 Å². The van der Waals surface area contributed by atoms with Crippen LogP contribution in [0.25, 0.3) is 22.3 Å². The Labute approximate surface area is 196 Å². The highest BCUT2D eigenvalue weighted by atomic mass is 14.3. The van der Waals surface area contributed by atoms with Gasteiger partial charge in [0.15, 0.2) is 0 Å². The highest BCUT2D eigenvalue weighted by Crippen LogP contribution is 2.39. The van der Waals surface area contributed by atoms with Crippen molar-refractivity contribution in [3.63, 3.8) is 0 Å². The van der Waals surface area contributed by atoms with Crippen LogP contribution in [0.4, 0.5) is 0 Å². The molecule has 0 amide bonds. The molecular weight excluding hydrogens is 384 g/mol. The van der Waals surface area contributed by atoms with Crippen molar-refractivity contribution in [2.45, 2.75) is 84.0 Å². The van der Waals surface area contributed by atoms with Gasteiger partial charge in [-0.1, -0.05) is 119 Å². The van der Waals surface area contributed by atoms with Crippen LogP contribution < -0.4 is 0 Å². The Kier molecular flexibility index (Phi) is 8.21. The first-order valence-corrected chi connectivity index (χ1v) is 13.1. The fourth-order valence-corrected chi connectivity index (χ4v) is 5.55. The van der Waals surface area contributed by atoms with E-state index >= 15 is 0 Å². The highest BCUT2D eigenvalue weighted by molar-refractivity contribution is 5.84. The SMILES string of the molecule is CCCCC[C@H]1CC[C@H](c2ccc(-c3cc(CCC)ccc3-c3ccccc3)cc2)CC1. The Morgan fingerprint density at radius 2 is 1.38 bits per heavy atom. The molecule has 0 aliphatic heterocycles. The van der Waals surface area contributed by atoms with E-state index in [9.17, 15) is 0 Å². The third kappa shape index (κ3) is 5.71. The van der Waals surface area contributed by atoms with Crippen LogP contribution in [-0.4, -0.2) is 0 Å². The third-order valence-corrected chi connectivity index (χ3v) is 7.46. The largest absolute Gasteiger partial charge is 0.0654 e. The summed E-state index contributed by atoms with van der Waals surface area (Å²) in [5.41, 5.74) is 8.34. The fraction of sp³-hybridized carbons (Fsp3) is 0.438. The average molecular weight is 425 g/mol. The monoisotopic (exact) mass is 424 g/mol. The van der Waals surface area contributed by atoms with E-state index in [-0.39, 0.29) is 0 Å². The summed E-state index contributed by atoms with van der Waals surface area (Å²) in [4.78, 5) is 0. The zero-order valence-corrected chi connectivity index (χ0v) is 20.2. The van der Waals surface area contributed by atoms with Crippen LogP contribution in [0.15, 0.2) is 72.8 Å². The molecular formula is C32H40. The highest BCUT2D eigenvalue weighted by Gasteiger charge is 2.22. The Bertz CT molecular complexity index is 943. The number of aryl methyl sites for hydroxylation is 1. The maximum absolute atomic E-state index is 2.42. The van der Waals surface area contributed by atoms with Gasteiger partial charge in [-0.05, 0) is 77.3 Å². The van der Waals surface area contributed by atoms with Crippen LogP contribution >= 0.6 is 0 Å². The summed E-state index contributed by atoms with van der Waals surface area (Å²) in [6.45, 7) is 4.57. The Morgan fingerprint density at radius 3 is 2.06 bits per heavy atom. The molecule has 1 saturated carbocycles. The molecule has 0 heteroatoms. The molecule has 0 atom stereocenters. The molecule has 3 aromatic carbocycles. The molecule has 4 rings (SSSR count). The number of hydrogen-bond donors (Lipinski definition) is 0. The summed E-state index contributed by atoms with van der Waals surface area (Å²) in [5.74, 6) is 1.73. The van der Waals surface area contributed by atoms with Gasteiger partial charge in [-0.3, -0.25) is 0 Å². The van der Waals surface area contributed by atoms with Crippen molar-refractivity contribution >= 4 is 0 Å². The Hall–Kier alpha value is -2.34. The standard InChI is InChI=1S/C32H40/c1-3-5-7-11-25-14-17-27(18-15-25)28-19-21-30(22-20-28)32-24-26(10-4-2)16-23-31(32)29-12-8-6-9-13-29/h6,8-9,12-13,16,19-25,27H,3-5,7,10-11,14-15,17-18H2,1-2H3/t25-,27-. The van der Waals surface area contributed by atoms with E-state index in [1.54, 1.807) is 5.56 Å². The second kappa shape index (κ2) is 11.5. The summed E-state index contributed by atoms with van der Waals surface area (Å²) >= 11 is 0. The lowest BCUT2D eigenvalue weighted by Gasteiger charge is -2.29. The minimum absolute atomic E-state index is 0.756. The zero-order chi connectivity index (χ0) is 22.2. The first kappa shape index (κ1) is 22.8. The lowest BCUT2D eigenvalue weighted by molar-refractivity contribution is 0.303. The minimum Gasteiger partial charge on any atom is -0.0654 e. The number of hydrogen-bond acceptors (Lipinski definition) is 0. The van der Waals surface area contributed by atoms with Crippen LogP contribution in [0, 0.1) is 5.92 Å². The van der Waals surface area contributed by atoms with E-state index in [1.807, 2.05) is 0 Å². The smallest absolute Gasteiger partial charge is 0.0103 e. The molecule has 1 aliphatic carbocycles. The van der Waals surface area contributed by atoms with Gasteiger partial charge in [-0.2, -0.15) is 0 Å². The molecule has 0 bridgehead atoms. The van der Waals surface area contributed by atoms with E-state index in [1.165, 1.54) is 85.6 Å². The van der Waals surface area contributed by atoms with Gasteiger partial charge in [-0.25, -0.2) is 0 Å². The molecule has 0 spiro atoms. The van der Waals surface area contributed by atoms with Crippen LogP contribution in [-0.2, 0) is 6.42 Å². The molecule has 0 N–H and O–H groups in total. The van der Waals surface area contributed by atoms with E-state index in [2.05, 4.69) is 86.6 Å². The molecule has 0 heterocycles. The van der Waals surface area contributed by atoms with Gasteiger partial charge in [-0.15, -0.1) is 0 Å². The zero-order valence-electron chi connectivity index (χ0n) is 20.2. The molecule has 3 aromatic rings. The average Bonchev–Trinajstić information content (AvgIpc) is 2.85. The first-order valence-electron chi connectivity index (χ1n) is 13.1. The van der Waals surface area contributed by atoms with Crippen molar-refractivity contribution in [2.75, 3.05) is 0 Å². The molecule has 0 aromatic heterocycles. The molecule has 0 unspecified atom stereocenters. The summed E-state index contributed by atoms with van der Waals surface area (Å²) in [5, 5.41) is 0. The van der Waals surface area contributed by atoms with Gasteiger partial charge in [0.1, 0.15) is 0 Å².